The number of aromatic nitrogens is 1. The molecule has 1 aliphatic heterocycles. The molecule has 0 saturated carbocycles. The van der Waals surface area contributed by atoms with Crippen molar-refractivity contribution in [3.63, 3.8) is 0 Å². The largest absolute Gasteiger partial charge is 0.404 e. The number of alkyl halides is 3. The Bertz CT molecular complexity index is 1240. The monoisotopic (exact) mass is 535 g/mol. The molecule has 1 fully saturated rings. The number of benzene rings is 2. The fourth-order valence-corrected chi connectivity index (χ4v) is 5.70. The first-order chi connectivity index (χ1) is 17.1. The highest BCUT2D eigenvalue weighted by molar-refractivity contribution is 7.15. The van der Waals surface area contributed by atoms with Crippen LogP contribution in [0.5, 0.6) is 0 Å². The SMILES string of the molecule is CN(C)C(=O)c1ccc(-c2ncc(C3CCN(C(=O)C(c4ccccc4)C(F)(F)F)CC3)s2)cc1Cl. The van der Waals surface area contributed by atoms with E-state index in [-0.39, 0.29) is 30.5 Å². The highest BCUT2D eigenvalue weighted by atomic mass is 35.5. The second kappa shape index (κ2) is 10.6. The smallest absolute Gasteiger partial charge is 0.345 e. The summed E-state index contributed by atoms with van der Waals surface area (Å²) in [4.78, 5) is 33.4. The maximum Gasteiger partial charge on any atom is 0.404 e. The van der Waals surface area contributed by atoms with E-state index in [0.717, 1.165) is 15.4 Å². The Kier molecular flexibility index (Phi) is 7.70. The highest BCUT2D eigenvalue weighted by Crippen LogP contribution is 2.40. The van der Waals surface area contributed by atoms with E-state index in [1.165, 1.54) is 45.4 Å². The number of hydrogen-bond acceptors (Lipinski definition) is 4. The number of halogens is 4. The minimum atomic E-state index is -4.66. The number of nitrogens with zero attached hydrogens (tertiary/aromatic N) is 3. The van der Waals surface area contributed by atoms with Gasteiger partial charge < -0.3 is 9.80 Å². The molecule has 10 heteroatoms. The van der Waals surface area contributed by atoms with E-state index < -0.39 is 18.0 Å². The zero-order chi connectivity index (χ0) is 26.0. The first kappa shape index (κ1) is 26.2. The number of carbonyl (C=O) groups is 2. The second-order valence-electron chi connectivity index (χ2n) is 8.95. The Morgan fingerprint density at radius 3 is 2.36 bits per heavy atom. The third-order valence-corrected chi connectivity index (χ3v) is 7.81. The molecular weight excluding hydrogens is 511 g/mol. The van der Waals surface area contributed by atoms with Crippen molar-refractivity contribution in [3.05, 3.63) is 75.8 Å². The van der Waals surface area contributed by atoms with E-state index in [1.807, 2.05) is 0 Å². The van der Waals surface area contributed by atoms with Gasteiger partial charge in [0.15, 0.2) is 5.92 Å². The van der Waals surface area contributed by atoms with Gasteiger partial charge in [-0.05, 0) is 36.5 Å². The Balaban J connectivity index is 1.44. The number of likely N-dealkylation sites (tertiary alicyclic amines) is 1. The van der Waals surface area contributed by atoms with Gasteiger partial charge in [-0.3, -0.25) is 9.59 Å². The lowest BCUT2D eigenvalue weighted by molar-refractivity contribution is -0.172. The molecule has 3 aromatic rings. The molecule has 1 saturated heterocycles. The normalized spacial score (nSPS) is 15.6. The number of piperidine rings is 1. The van der Waals surface area contributed by atoms with Gasteiger partial charge >= 0.3 is 6.18 Å². The maximum atomic E-state index is 13.8. The van der Waals surface area contributed by atoms with Crippen molar-refractivity contribution in [2.45, 2.75) is 30.9 Å². The van der Waals surface area contributed by atoms with Crippen molar-refractivity contribution in [1.29, 1.82) is 0 Å². The molecule has 2 heterocycles. The van der Waals surface area contributed by atoms with Crippen LogP contribution in [0.2, 0.25) is 5.02 Å². The Labute approximate surface area is 216 Å². The molecule has 36 heavy (non-hydrogen) atoms. The first-order valence-electron chi connectivity index (χ1n) is 11.4. The third kappa shape index (κ3) is 5.57. The topological polar surface area (TPSA) is 53.5 Å². The molecule has 0 spiro atoms. The summed E-state index contributed by atoms with van der Waals surface area (Å²) in [5.41, 5.74) is 1.16. The molecule has 2 amide bonds. The molecule has 0 radical (unpaired) electrons. The van der Waals surface area contributed by atoms with Crippen molar-refractivity contribution in [2.24, 2.45) is 0 Å². The van der Waals surface area contributed by atoms with Crippen LogP contribution in [0.15, 0.2) is 54.7 Å². The first-order valence-corrected chi connectivity index (χ1v) is 12.6. The quantitative estimate of drug-likeness (QED) is 0.390. The summed E-state index contributed by atoms with van der Waals surface area (Å²) in [6, 6.07) is 12.5. The number of rotatable bonds is 5. The summed E-state index contributed by atoms with van der Waals surface area (Å²) in [5, 5.41) is 1.09. The molecule has 1 aromatic heterocycles. The molecule has 2 aromatic carbocycles. The molecule has 1 aliphatic rings. The van der Waals surface area contributed by atoms with Crippen molar-refractivity contribution in [1.82, 2.24) is 14.8 Å². The summed E-state index contributed by atoms with van der Waals surface area (Å²) in [6.45, 7) is 0.507. The lowest BCUT2D eigenvalue weighted by atomic mass is 9.92. The standard InChI is InChI=1S/C26H25ClF3N3O2S/c1-32(2)24(34)19-9-8-18(14-20(19)27)23-31-15-21(36-23)16-10-12-33(13-11-16)25(35)22(26(28,29)30)17-6-4-3-5-7-17/h3-9,14-16,22H,10-13H2,1-2H3. The summed E-state index contributed by atoms with van der Waals surface area (Å²) >= 11 is 7.82. The zero-order valence-corrected chi connectivity index (χ0v) is 21.3. The highest BCUT2D eigenvalue weighted by Gasteiger charge is 2.48. The van der Waals surface area contributed by atoms with Crippen LogP contribution in [0.1, 0.15) is 45.5 Å². The van der Waals surface area contributed by atoms with Gasteiger partial charge in [-0.15, -0.1) is 11.3 Å². The molecule has 4 rings (SSSR count). The molecule has 5 nitrogen and oxygen atoms in total. The Morgan fingerprint density at radius 1 is 1.11 bits per heavy atom. The Morgan fingerprint density at radius 2 is 1.78 bits per heavy atom. The predicted octanol–water partition coefficient (Wildman–Crippen LogP) is 6.22. The molecule has 190 valence electrons. The summed E-state index contributed by atoms with van der Waals surface area (Å²) in [5.74, 6) is -3.14. The predicted molar refractivity (Wildman–Crippen MR) is 134 cm³/mol. The minimum absolute atomic E-state index is 0.0406. The van der Waals surface area contributed by atoms with Crippen LogP contribution < -0.4 is 0 Å². The van der Waals surface area contributed by atoms with Crippen LogP contribution >= 0.6 is 22.9 Å². The van der Waals surface area contributed by atoms with Crippen molar-refractivity contribution >= 4 is 34.8 Å². The van der Waals surface area contributed by atoms with Gasteiger partial charge in [0.2, 0.25) is 5.91 Å². The van der Waals surface area contributed by atoms with Gasteiger partial charge in [-0.1, -0.05) is 48.0 Å². The third-order valence-electron chi connectivity index (χ3n) is 6.29. The maximum absolute atomic E-state index is 13.8. The van der Waals surface area contributed by atoms with Gasteiger partial charge in [-0.2, -0.15) is 13.2 Å². The summed E-state index contributed by atoms with van der Waals surface area (Å²) in [7, 11) is 3.31. The zero-order valence-electron chi connectivity index (χ0n) is 19.8. The minimum Gasteiger partial charge on any atom is -0.345 e. The molecule has 0 aliphatic carbocycles. The number of carbonyl (C=O) groups excluding carboxylic acids is 2. The molecular formula is C26H25ClF3N3O2S. The van der Waals surface area contributed by atoms with E-state index in [0.29, 0.717) is 23.4 Å². The van der Waals surface area contributed by atoms with Gasteiger partial charge in [0, 0.05) is 43.8 Å². The van der Waals surface area contributed by atoms with Gasteiger partial charge in [0.1, 0.15) is 5.01 Å². The summed E-state index contributed by atoms with van der Waals surface area (Å²) < 4.78 is 41.3. The van der Waals surface area contributed by atoms with Gasteiger partial charge in [0.25, 0.3) is 5.91 Å². The average molecular weight is 536 g/mol. The van der Waals surface area contributed by atoms with E-state index in [4.69, 9.17) is 11.6 Å². The van der Waals surface area contributed by atoms with Crippen molar-refractivity contribution < 1.29 is 22.8 Å². The second-order valence-corrected chi connectivity index (χ2v) is 10.4. The number of amides is 2. The fourth-order valence-electron chi connectivity index (χ4n) is 4.36. The van der Waals surface area contributed by atoms with Crippen LogP contribution in [-0.2, 0) is 4.79 Å². The van der Waals surface area contributed by atoms with Crippen LogP contribution in [0.25, 0.3) is 10.6 Å². The number of hydrogen-bond donors (Lipinski definition) is 0. The van der Waals surface area contributed by atoms with E-state index in [1.54, 1.807) is 44.6 Å². The number of thiazole rings is 1. The molecule has 1 atom stereocenters. The van der Waals surface area contributed by atoms with Crippen LogP contribution in [0.4, 0.5) is 13.2 Å². The molecule has 1 unspecified atom stereocenters. The van der Waals surface area contributed by atoms with Crippen LogP contribution in [-0.4, -0.2) is 60.0 Å². The lowest BCUT2D eigenvalue weighted by Gasteiger charge is -2.34. The van der Waals surface area contributed by atoms with Crippen molar-refractivity contribution in [2.75, 3.05) is 27.2 Å². The summed E-state index contributed by atoms with van der Waals surface area (Å²) in [6.07, 6.45) is -1.76. The van der Waals surface area contributed by atoms with E-state index in [2.05, 4.69) is 4.98 Å². The fraction of sp³-hybridized carbons (Fsp3) is 0.346. The van der Waals surface area contributed by atoms with Crippen LogP contribution in [0.3, 0.4) is 0 Å². The molecule has 0 bridgehead atoms. The average Bonchev–Trinajstić information content (AvgIpc) is 3.34. The van der Waals surface area contributed by atoms with Gasteiger partial charge in [0.05, 0.1) is 10.6 Å². The Hall–Kier alpha value is -2.91. The molecule has 0 N–H and O–H groups in total. The lowest BCUT2D eigenvalue weighted by Crippen LogP contribution is -2.44. The van der Waals surface area contributed by atoms with E-state index >= 15 is 0 Å². The van der Waals surface area contributed by atoms with Gasteiger partial charge in [-0.25, -0.2) is 4.98 Å². The van der Waals surface area contributed by atoms with Crippen LogP contribution in [0, 0.1) is 0 Å². The van der Waals surface area contributed by atoms with E-state index in [9.17, 15) is 22.8 Å². The van der Waals surface area contributed by atoms with Crippen molar-refractivity contribution in [3.8, 4) is 10.6 Å².